The number of ether oxygens (including phenoxy) is 2. The van der Waals surface area contributed by atoms with Crippen LogP contribution in [0.5, 0.6) is 6.01 Å². The van der Waals surface area contributed by atoms with Gasteiger partial charge in [-0.15, -0.1) is 0 Å². The molecule has 25 heavy (non-hydrogen) atoms. The van der Waals surface area contributed by atoms with Crippen LogP contribution in [0, 0.1) is 6.92 Å². The molecule has 0 aliphatic carbocycles. The quantitative estimate of drug-likeness (QED) is 0.701. The number of thiophene rings is 1. The van der Waals surface area contributed by atoms with Crippen molar-refractivity contribution in [2.24, 2.45) is 0 Å². The van der Waals surface area contributed by atoms with E-state index in [1.54, 1.807) is 4.72 Å². The summed E-state index contributed by atoms with van der Waals surface area (Å²) in [6, 6.07) is -1.16. The number of amides is 2. The van der Waals surface area contributed by atoms with E-state index in [-0.39, 0.29) is 28.2 Å². The Morgan fingerprint density at radius 2 is 1.88 bits per heavy atom. The molecule has 2 N–H and O–H groups in total. The average molecular weight is 387 g/mol. The molecular weight excluding hydrogens is 374 g/mol. The lowest BCUT2D eigenvalue weighted by Gasteiger charge is -2.08. The zero-order valence-corrected chi connectivity index (χ0v) is 14.9. The normalized spacial score (nSPS) is 10.8. The molecule has 11 nitrogen and oxygen atoms in total. The zero-order valence-electron chi connectivity index (χ0n) is 13.3. The SMILES string of the molecule is COC(=O)c1cscc1S(=O)(=O)NC(=O)Nc1nc(C)nc(OC)n1. The summed E-state index contributed by atoms with van der Waals surface area (Å²) in [6.45, 7) is 1.54. The molecule has 134 valence electrons. The van der Waals surface area contributed by atoms with Crippen LogP contribution in [0.25, 0.3) is 0 Å². The first-order valence-corrected chi connectivity index (χ1v) is 8.94. The van der Waals surface area contributed by atoms with Crippen LogP contribution in [0.15, 0.2) is 15.7 Å². The zero-order chi connectivity index (χ0) is 18.6. The van der Waals surface area contributed by atoms with Gasteiger partial charge in [0.05, 0.1) is 19.8 Å². The van der Waals surface area contributed by atoms with Gasteiger partial charge < -0.3 is 9.47 Å². The van der Waals surface area contributed by atoms with Gasteiger partial charge in [-0.05, 0) is 6.92 Å². The molecule has 2 aromatic heterocycles. The van der Waals surface area contributed by atoms with E-state index in [0.717, 1.165) is 18.4 Å². The van der Waals surface area contributed by atoms with Gasteiger partial charge >= 0.3 is 18.0 Å². The number of esters is 1. The number of carbonyl (C=O) groups excluding carboxylic acids is 2. The summed E-state index contributed by atoms with van der Waals surface area (Å²) in [5.41, 5.74) is -0.175. The first-order valence-electron chi connectivity index (χ1n) is 6.51. The van der Waals surface area contributed by atoms with Gasteiger partial charge in [0.2, 0.25) is 5.95 Å². The van der Waals surface area contributed by atoms with E-state index in [0.29, 0.717) is 0 Å². The lowest BCUT2D eigenvalue weighted by molar-refractivity contribution is 0.0597. The summed E-state index contributed by atoms with van der Waals surface area (Å²) in [6.07, 6.45) is 0. The molecule has 0 saturated heterocycles. The second-order valence-corrected chi connectivity index (χ2v) is 6.79. The molecule has 2 aromatic rings. The van der Waals surface area contributed by atoms with Gasteiger partial charge in [-0.25, -0.2) is 22.7 Å². The van der Waals surface area contributed by atoms with Crippen LogP contribution < -0.4 is 14.8 Å². The van der Waals surface area contributed by atoms with E-state index >= 15 is 0 Å². The van der Waals surface area contributed by atoms with Crippen molar-refractivity contribution in [2.75, 3.05) is 19.5 Å². The van der Waals surface area contributed by atoms with Crippen molar-refractivity contribution in [2.45, 2.75) is 11.8 Å². The van der Waals surface area contributed by atoms with E-state index < -0.39 is 22.0 Å². The molecule has 0 unspecified atom stereocenters. The first kappa shape index (κ1) is 18.5. The fraction of sp³-hybridized carbons (Fsp3) is 0.250. The lowest BCUT2D eigenvalue weighted by atomic mass is 10.3. The number of hydrogen-bond acceptors (Lipinski definition) is 10. The number of urea groups is 1. The minimum Gasteiger partial charge on any atom is -0.467 e. The van der Waals surface area contributed by atoms with Gasteiger partial charge in [0.15, 0.2) is 0 Å². The molecule has 2 heterocycles. The molecule has 0 aliphatic rings. The third kappa shape index (κ3) is 4.39. The van der Waals surface area contributed by atoms with Crippen molar-refractivity contribution in [3.8, 4) is 6.01 Å². The molecule has 0 fully saturated rings. The summed E-state index contributed by atoms with van der Waals surface area (Å²) in [4.78, 5) is 34.6. The fourth-order valence-corrected chi connectivity index (χ4v) is 3.92. The Morgan fingerprint density at radius 1 is 1.16 bits per heavy atom. The number of methoxy groups -OCH3 is 2. The van der Waals surface area contributed by atoms with Gasteiger partial charge in [-0.1, -0.05) is 0 Å². The Hall–Kier alpha value is -2.80. The standard InChI is InChI=1S/C12H13N5O6S2/c1-6-13-10(16-12(14-6)23-3)15-11(19)17-25(20,21)8-5-24-4-7(8)9(18)22-2/h4-5H,1-3H3,(H2,13,14,15,16,17,19). The van der Waals surface area contributed by atoms with Gasteiger partial charge in [-0.2, -0.15) is 26.3 Å². The Balaban J connectivity index is 2.19. The minimum atomic E-state index is -4.30. The molecule has 0 saturated carbocycles. The highest BCUT2D eigenvalue weighted by molar-refractivity contribution is 7.90. The summed E-state index contributed by atoms with van der Waals surface area (Å²) < 4.78 is 35.6. The predicted molar refractivity (Wildman–Crippen MR) is 86.1 cm³/mol. The summed E-state index contributed by atoms with van der Waals surface area (Å²) >= 11 is 0.974. The highest BCUT2D eigenvalue weighted by Crippen LogP contribution is 2.21. The minimum absolute atomic E-state index is 0.0449. The van der Waals surface area contributed by atoms with E-state index in [1.165, 1.54) is 24.8 Å². The highest BCUT2D eigenvalue weighted by atomic mass is 32.2. The van der Waals surface area contributed by atoms with Crippen LogP contribution in [0.3, 0.4) is 0 Å². The van der Waals surface area contributed by atoms with Gasteiger partial charge in [0.1, 0.15) is 10.7 Å². The fourth-order valence-electron chi connectivity index (χ4n) is 1.66. The molecule has 0 spiro atoms. The summed E-state index contributed by atoms with van der Waals surface area (Å²) in [7, 11) is -1.86. The second kappa shape index (κ2) is 7.40. The maximum atomic E-state index is 12.3. The third-order valence-electron chi connectivity index (χ3n) is 2.68. The number of nitrogens with one attached hydrogen (secondary N) is 2. The van der Waals surface area contributed by atoms with Crippen LogP contribution in [-0.2, 0) is 14.8 Å². The van der Waals surface area contributed by atoms with E-state index in [4.69, 9.17) is 4.74 Å². The Labute approximate surface area is 146 Å². The number of hydrogen-bond donors (Lipinski definition) is 2. The van der Waals surface area contributed by atoms with Crippen LogP contribution >= 0.6 is 11.3 Å². The molecule has 2 rings (SSSR count). The Kier molecular flexibility index (Phi) is 5.48. The molecule has 0 radical (unpaired) electrons. The number of aryl methyl sites for hydroxylation is 1. The monoisotopic (exact) mass is 387 g/mol. The molecule has 0 aromatic carbocycles. The van der Waals surface area contributed by atoms with Crippen molar-refractivity contribution in [1.82, 2.24) is 19.7 Å². The smallest absolute Gasteiger partial charge is 0.340 e. The van der Waals surface area contributed by atoms with Crippen LogP contribution in [-0.4, -0.2) is 49.6 Å². The summed E-state index contributed by atoms with van der Waals surface area (Å²) in [5, 5.41) is 4.66. The van der Waals surface area contributed by atoms with Crippen molar-refractivity contribution >= 4 is 39.3 Å². The predicted octanol–water partition coefficient (Wildman–Crippen LogP) is 0.547. The first-order chi connectivity index (χ1) is 11.8. The number of sulfonamides is 1. The van der Waals surface area contributed by atoms with Crippen molar-refractivity contribution < 1.29 is 27.5 Å². The van der Waals surface area contributed by atoms with Crippen molar-refractivity contribution in [3.63, 3.8) is 0 Å². The summed E-state index contributed by atoms with van der Waals surface area (Å²) in [5.74, 6) is -0.772. The van der Waals surface area contributed by atoms with Crippen molar-refractivity contribution in [1.29, 1.82) is 0 Å². The molecule has 0 bridgehead atoms. The van der Waals surface area contributed by atoms with Crippen LogP contribution in [0.4, 0.5) is 10.7 Å². The van der Waals surface area contributed by atoms with Crippen molar-refractivity contribution in [3.05, 3.63) is 22.1 Å². The lowest BCUT2D eigenvalue weighted by Crippen LogP contribution is -2.35. The molecular formula is C12H13N5O6S2. The maximum Gasteiger partial charge on any atom is 0.340 e. The number of aromatic nitrogens is 3. The second-order valence-electron chi connectivity index (χ2n) is 4.39. The van der Waals surface area contributed by atoms with Gasteiger partial charge in [0, 0.05) is 10.8 Å². The molecule has 2 amide bonds. The Morgan fingerprint density at radius 3 is 2.52 bits per heavy atom. The van der Waals surface area contributed by atoms with Crippen LogP contribution in [0.2, 0.25) is 0 Å². The highest BCUT2D eigenvalue weighted by Gasteiger charge is 2.26. The largest absolute Gasteiger partial charge is 0.467 e. The topological polar surface area (TPSA) is 149 Å². The van der Waals surface area contributed by atoms with E-state index in [2.05, 4.69) is 25.0 Å². The maximum absolute atomic E-state index is 12.3. The van der Waals surface area contributed by atoms with E-state index in [1.807, 2.05) is 0 Å². The molecule has 0 atom stereocenters. The third-order valence-corrected chi connectivity index (χ3v) is 4.95. The molecule has 13 heteroatoms. The van der Waals surface area contributed by atoms with Gasteiger partial charge in [0.25, 0.3) is 10.0 Å². The van der Waals surface area contributed by atoms with Crippen LogP contribution in [0.1, 0.15) is 16.2 Å². The average Bonchev–Trinajstić information content (AvgIpc) is 3.03. The number of carbonyl (C=O) groups is 2. The number of nitrogens with zero attached hydrogens (tertiary/aromatic N) is 3. The Bertz CT molecular complexity index is 910. The van der Waals surface area contributed by atoms with Gasteiger partial charge in [-0.3, -0.25) is 5.32 Å². The number of rotatable bonds is 5. The number of anilines is 1. The molecule has 0 aliphatic heterocycles. The van der Waals surface area contributed by atoms with E-state index in [9.17, 15) is 18.0 Å².